The summed E-state index contributed by atoms with van der Waals surface area (Å²) >= 11 is 0. The van der Waals surface area contributed by atoms with Gasteiger partial charge in [0, 0.05) is 18.5 Å². The number of aromatic nitrogens is 2. The molecule has 0 aliphatic heterocycles. The van der Waals surface area contributed by atoms with Crippen molar-refractivity contribution in [3.63, 3.8) is 0 Å². The van der Waals surface area contributed by atoms with Gasteiger partial charge in [-0.3, -0.25) is 15.1 Å². The summed E-state index contributed by atoms with van der Waals surface area (Å²) in [6.45, 7) is 0. The standard InChI is InChI=1S/C9H7N3O3/c1-15-9-7(12(13)14)3-2-6-8(9)11-5-4-10-6/h2-5H,1H3. The van der Waals surface area contributed by atoms with E-state index in [9.17, 15) is 10.1 Å². The van der Waals surface area contributed by atoms with Crippen molar-refractivity contribution in [2.45, 2.75) is 0 Å². The number of nitrogens with zero attached hydrogens (tertiary/aromatic N) is 3. The molecule has 2 aromatic rings. The van der Waals surface area contributed by atoms with Gasteiger partial charge in [-0.25, -0.2) is 4.98 Å². The van der Waals surface area contributed by atoms with Gasteiger partial charge < -0.3 is 4.74 Å². The van der Waals surface area contributed by atoms with E-state index in [1.165, 1.54) is 25.6 Å². The van der Waals surface area contributed by atoms with E-state index in [-0.39, 0.29) is 11.4 Å². The van der Waals surface area contributed by atoms with E-state index in [0.717, 1.165) is 0 Å². The van der Waals surface area contributed by atoms with Crippen molar-refractivity contribution >= 4 is 16.7 Å². The van der Waals surface area contributed by atoms with Gasteiger partial charge in [0.25, 0.3) is 0 Å². The second-order valence-corrected chi connectivity index (χ2v) is 2.80. The van der Waals surface area contributed by atoms with Crippen LogP contribution in [0.25, 0.3) is 11.0 Å². The Morgan fingerprint density at radius 2 is 2.07 bits per heavy atom. The van der Waals surface area contributed by atoms with Crippen LogP contribution >= 0.6 is 0 Å². The lowest BCUT2D eigenvalue weighted by atomic mass is 10.2. The SMILES string of the molecule is COc1c([N+](=O)[O-])ccc2nccnc12. The summed E-state index contributed by atoms with van der Waals surface area (Å²) in [7, 11) is 1.37. The molecule has 6 nitrogen and oxygen atoms in total. The molecule has 76 valence electrons. The summed E-state index contributed by atoms with van der Waals surface area (Å²) < 4.78 is 4.98. The molecule has 0 atom stereocenters. The van der Waals surface area contributed by atoms with Gasteiger partial charge in [0.2, 0.25) is 5.75 Å². The van der Waals surface area contributed by atoms with Gasteiger partial charge in [0.05, 0.1) is 17.5 Å². The van der Waals surface area contributed by atoms with Crippen LogP contribution in [0.5, 0.6) is 5.75 Å². The molecule has 0 fully saturated rings. The van der Waals surface area contributed by atoms with Crippen molar-refractivity contribution in [1.29, 1.82) is 0 Å². The minimum absolute atomic E-state index is 0.106. The van der Waals surface area contributed by atoms with Crippen LogP contribution in [0, 0.1) is 10.1 Å². The zero-order valence-corrected chi connectivity index (χ0v) is 7.88. The van der Waals surface area contributed by atoms with Gasteiger partial charge >= 0.3 is 5.69 Å². The van der Waals surface area contributed by atoms with E-state index in [2.05, 4.69) is 9.97 Å². The molecule has 0 radical (unpaired) electrons. The van der Waals surface area contributed by atoms with Gasteiger partial charge in [0.1, 0.15) is 5.52 Å². The largest absolute Gasteiger partial charge is 0.489 e. The third kappa shape index (κ3) is 1.45. The number of ether oxygens (including phenoxy) is 1. The first-order valence-corrected chi connectivity index (χ1v) is 4.16. The van der Waals surface area contributed by atoms with Crippen LogP contribution in [0.15, 0.2) is 24.5 Å². The fraction of sp³-hybridized carbons (Fsp3) is 0.111. The number of rotatable bonds is 2. The summed E-state index contributed by atoms with van der Waals surface area (Å²) in [4.78, 5) is 18.2. The smallest absolute Gasteiger partial charge is 0.313 e. The third-order valence-electron chi connectivity index (χ3n) is 1.97. The second kappa shape index (κ2) is 3.49. The van der Waals surface area contributed by atoms with Gasteiger partial charge in [-0.1, -0.05) is 0 Å². The predicted octanol–water partition coefficient (Wildman–Crippen LogP) is 1.55. The molecule has 0 aliphatic rings. The maximum atomic E-state index is 10.7. The number of benzene rings is 1. The second-order valence-electron chi connectivity index (χ2n) is 2.80. The molecule has 0 unspecified atom stereocenters. The first-order chi connectivity index (χ1) is 7.24. The maximum Gasteiger partial charge on any atom is 0.313 e. The van der Waals surface area contributed by atoms with E-state index in [4.69, 9.17) is 4.74 Å². The molecule has 0 saturated carbocycles. The lowest BCUT2D eigenvalue weighted by Gasteiger charge is -2.03. The predicted molar refractivity (Wildman–Crippen MR) is 52.7 cm³/mol. The summed E-state index contributed by atoms with van der Waals surface area (Å²) in [5.41, 5.74) is 0.861. The average molecular weight is 205 g/mol. The highest BCUT2D eigenvalue weighted by atomic mass is 16.6. The number of fused-ring (bicyclic) bond motifs is 1. The Hall–Kier alpha value is -2.24. The van der Waals surface area contributed by atoms with E-state index in [1.807, 2.05) is 0 Å². The number of nitro groups is 1. The van der Waals surface area contributed by atoms with Gasteiger partial charge in [-0.2, -0.15) is 0 Å². The Morgan fingerprint density at radius 3 is 2.73 bits per heavy atom. The quantitative estimate of drug-likeness (QED) is 0.549. The molecular weight excluding hydrogens is 198 g/mol. The lowest BCUT2D eigenvalue weighted by Crippen LogP contribution is -1.96. The molecule has 15 heavy (non-hydrogen) atoms. The van der Waals surface area contributed by atoms with Crippen LogP contribution < -0.4 is 4.74 Å². The molecular formula is C9H7N3O3. The van der Waals surface area contributed by atoms with Crippen LogP contribution in [-0.4, -0.2) is 22.0 Å². The molecule has 0 spiro atoms. The Morgan fingerprint density at radius 1 is 1.33 bits per heavy atom. The Bertz CT molecular complexity index is 527. The Kier molecular flexibility index (Phi) is 2.17. The fourth-order valence-electron chi connectivity index (χ4n) is 1.35. The Labute approximate surface area is 84.7 Å². The zero-order chi connectivity index (χ0) is 10.8. The number of nitro benzene ring substituents is 1. The van der Waals surface area contributed by atoms with E-state index in [0.29, 0.717) is 11.0 Å². The molecule has 1 aromatic carbocycles. The van der Waals surface area contributed by atoms with Gasteiger partial charge in [-0.05, 0) is 6.07 Å². The number of methoxy groups -OCH3 is 1. The summed E-state index contributed by atoms with van der Waals surface area (Å²) in [5.74, 6) is 0.144. The monoisotopic (exact) mass is 205 g/mol. The zero-order valence-electron chi connectivity index (χ0n) is 7.88. The lowest BCUT2D eigenvalue weighted by molar-refractivity contribution is -0.385. The van der Waals surface area contributed by atoms with Crippen molar-refractivity contribution in [3.05, 3.63) is 34.6 Å². The number of hydrogen-bond donors (Lipinski definition) is 0. The topological polar surface area (TPSA) is 78.2 Å². The summed E-state index contributed by atoms with van der Waals surface area (Å²) in [6.07, 6.45) is 2.99. The van der Waals surface area contributed by atoms with Crippen molar-refractivity contribution < 1.29 is 9.66 Å². The van der Waals surface area contributed by atoms with Crippen LogP contribution in [-0.2, 0) is 0 Å². The highest BCUT2D eigenvalue weighted by Gasteiger charge is 2.18. The molecule has 0 N–H and O–H groups in total. The Balaban J connectivity index is 2.81. The highest BCUT2D eigenvalue weighted by molar-refractivity contribution is 5.85. The fourth-order valence-corrected chi connectivity index (χ4v) is 1.35. The van der Waals surface area contributed by atoms with Crippen LogP contribution in [0.3, 0.4) is 0 Å². The first kappa shape index (κ1) is 9.32. The van der Waals surface area contributed by atoms with Crippen LogP contribution in [0.4, 0.5) is 5.69 Å². The van der Waals surface area contributed by atoms with E-state index >= 15 is 0 Å². The number of hydrogen-bond acceptors (Lipinski definition) is 5. The molecule has 1 heterocycles. The summed E-state index contributed by atoms with van der Waals surface area (Å²) in [6, 6.07) is 2.90. The molecule has 0 aliphatic carbocycles. The van der Waals surface area contributed by atoms with Crippen molar-refractivity contribution in [1.82, 2.24) is 9.97 Å². The average Bonchev–Trinajstić information content (AvgIpc) is 2.27. The highest BCUT2D eigenvalue weighted by Crippen LogP contribution is 2.32. The molecule has 6 heteroatoms. The van der Waals surface area contributed by atoms with E-state index in [1.54, 1.807) is 6.07 Å². The first-order valence-electron chi connectivity index (χ1n) is 4.16. The van der Waals surface area contributed by atoms with Crippen molar-refractivity contribution in [2.75, 3.05) is 7.11 Å². The maximum absolute atomic E-state index is 10.7. The minimum Gasteiger partial charge on any atom is -0.489 e. The molecule has 2 rings (SSSR count). The van der Waals surface area contributed by atoms with Gasteiger partial charge in [0.15, 0.2) is 0 Å². The van der Waals surface area contributed by atoms with Gasteiger partial charge in [-0.15, -0.1) is 0 Å². The van der Waals surface area contributed by atoms with Crippen molar-refractivity contribution in [3.8, 4) is 5.75 Å². The third-order valence-corrected chi connectivity index (χ3v) is 1.97. The molecule has 0 amide bonds. The van der Waals surface area contributed by atoms with Crippen molar-refractivity contribution in [2.24, 2.45) is 0 Å². The van der Waals surface area contributed by atoms with Crippen LogP contribution in [0.2, 0.25) is 0 Å². The molecule has 0 saturated heterocycles. The van der Waals surface area contributed by atoms with Crippen LogP contribution in [0.1, 0.15) is 0 Å². The normalized spacial score (nSPS) is 10.2. The summed E-state index contributed by atoms with van der Waals surface area (Å²) in [5, 5.41) is 10.7. The van der Waals surface area contributed by atoms with E-state index < -0.39 is 4.92 Å². The minimum atomic E-state index is -0.507. The molecule has 1 aromatic heterocycles. The molecule has 0 bridgehead atoms.